The van der Waals surface area contributed by atoms with Crippen molar-refractivity contribution >= 4 is 29.0 Å². The zero-order chi connectivity index (χ0) is 13.0. The molecule has 0 aliphatic carbocycles. The molecule has 4 nitrogen and oxygen atoms in total. The van der Waals surface area contributed by atoms with E-state index < -0.39 is 0 Å². The van der Waals surface area contributed by atoms with Gasteiger partial charge in [0, 0.05) is 13.1 Å². The first kappa shape index (κ1) is 13.8. The van der Waals surface area contributed by atoms with E-state index >= 15 is 0 Å². The average molecular weight is 289 g/mol. The van der Waals surface area contributed by atoms with Gasteiger partial charge in [-0.05, 0) is 36.8 Å². The van der Waals surface area contributed by atoms with Gasteiger partial charge in [0.25, 0.3) is 0 Å². The molecule has 2 heterocycles. The number of aromatic nitrogens is 3. The van der Waals surface area contributed by atoms with E-state index in [0.29, 0.717) is 11.0 Å². The number of anilines is 1. The van der Waals surface area contributed by atoms with Crippen molar-refractivity contribution in [2.45, 2.75) is 39.0 Å². The maximum absolute atomic E-state index is 6.04. The molecule has 2 rings (SSSR count). The molecule has 100 valence electrons. The van der Waals surface area contributed by atoms with Gasteiger partial charge in [-0.2, -0.15) is 4.98 Å². The molecule has 0 amide bonds. The van der Waals surface area contributed by atoms with Crippen molar-refractivity contribution in [1.29, 1.82) is 0 Å². The topological polar surface area (TPSA) is 41.9 Å². The van der Waals surface area contributed by atoms with Crippen LogP contribution in [0.15, 0.2) is 0 Å². The Morgan fingerprint density at radius 1 is 1.22 bits per heavy atom. The van der Waals surface area contributed by atoms with Gasteiger partial charge < -0.3 is 4.90 Å². The van der Waals surface area contributed by atoms with Gasteiger partial charge in [0.05, 0.1) is 0 Å². The molecule has 1 unspecified atom stereocenters. The molecule has 1 aliphatic rings. The number of rotatable bonds is 3. The van der Waals surface area contributed by atoms with Crippen molar-refractivity contribution in [2.75, 3.05) is 18.0 Å². The molecule has 0 bridgehead atoms. The number of nitrogens with zero attached hydrogens (tertiary/aromatic N) is 4. The number of halogens is 2. The second-order valence-electron chi connectivity index (χ2n) is 4.77. The quantitative estimate of drug-likeness (QED) is 0.852. The lowest BCUT2D eigenvalue weighted by atomic mass is 9.96. The Labute approximate surface area is 118 Å². The zero-order valence-corrected chi connectivity index (χ0v) is 12.1. The van der Waals surface area contributed by atoms with Gasteiger partial charge in [0.15, 0.2) is 11.0 Å². The van der Waals surface area contributed by atoms with Crippen LogP contribution < -0.4 is 4.90 Å². The molecule has 1 fully saturated rings. The van der Waals surface area contributed by atoms with Gasteiger partial charge in [-0.3, -0.25) is 0 Å². The highest BCUT2D eigenvalue weighted by Gasteiger charge is 2.20. The summed E-state index contributed by atoms with van der Waals surface area (Å²) in [6.07, 6.45) is 6.21. The summed E-state index contributed by atoms with van der Waals surface area (Å²) >= 11 is 11.8. The molecule has 0 saturated carbocycles. The van der Waals surface area contributed by atoms with E-state index in [0.717, 1.165) is 19.0 Å². The Kier molecular flexibility index (Phi) is 5.01. The van der Waals surface area contributed by atoms with Crippen LogP contribution in [0, 0.1) is 5.92 Å². The Morgan fingerprint density at radius 2 is 2.06 bits per heavy atom. The Balaban J connectivity index is 2.07. The van der Waals surface area contributed by atoms with E-state index in [4.69, 9.17) is 23.2 Å². The molecule has 1 aromatic heterocycles. The van der Waals surface area contributed by atoms with Crippen LogP contribution >= 0.6 is 23.2 Å². The summed E-state index contributed by atoms with van der Waals surface area (Å²) in [7, 11) is 0. The van der Waals surface area contributed by atoms with Crippen molar-refractivity contribution in [1.82, 2.24) is 15.2 Å². The third-order valence-corrected chi connectivity index (χ3v) is 3.85. The van der Waals surface area contributed by atoms with Gasteiger partial charge in [-0.1, -0.05) is 31.4 Å². The molecule has 6 heteroatoms. The van der Waals surface area contributed by atoms with Gasteiger partial charge in [0.1, 0.15) is 0 Å². The molecule has 0 aromatic carbocycles. The second kappa shape index (κ2) is 6.53. The fraction of sp³-hybridized carbons (Fsp3) is 0.750. The summed E-state index contributed by atoms with van der Waals surface area (Å²) < 4.78 is 0. The van der Waals surface area contributed by atoms with Crippen molar-refractivity contribution in [3.05, 3.63) is 10.4 Å². The predicted molar refractivity (Wildman–Crippen MR) is 74.3 cm³/mol. The molecule has 1 aliphatic heterocycles. The SMILES string of the molecule is CCCC1CCCN(c2nc(Cl)nnc2Cl)CC1. The lowest BCUT2D eigenvalue weighted by molar-refractivity contribution is 0.435. The van der Waals surface area contributed by atoms with Crippen LogP contribution in [-0.4, -0.2) is 28.3 Å². The molecule has 1 aromatic rings. The van der Waals surface area contributed by atoms with Gasteiger partial charge in [0.2, 0.25) is 5.28 Å². The first-order valence-corrected chi connectivity index (χ1v) is 7.27. The average Bonchev–Trinajstić information content (AvgIpc) is 2.58. The molecule has 1 atom stereocenters. The van der Waals surface area contributed by atoms with E-state index in [1.807, 2.05) is 0 Å². The minimum atomic E-state index is 0.156. The first-order chi connectivity index (χ1) is 8.70. The molecular weight excluding hydrogens is 271 g/mol. The van der Waals surface area contributed by atoms with Crippen molar-refractivity contribution < 1.29 is 0 Å². The van der Waals surface area contributed by atoms with Crippen molar-refractivity contribution in [2.24, 2.45) is 5.92 Å². The van der Waals surface area contributed by atoms with Crippen molar-refractivity contribution in [3.8, 4) is 0 Å². The maximum atomic E-state index is 6.04. The summed E-state index contributed by atoms with van der Waals surface area (Å²) in [4.78, 5) is 6.37. The Morgan fingerprint density at radius 3 is 2.83 bits per heavy atom. The normalized spacial score (nSPS) is 20.8. The van der Waals surface area contributed by atoms with Crippen LogP contribution in [0.1, 0.15) is 39.0 Å². The van der Waals surface area contributed by atoms with Gasteiger partial charge in [-0.25, -0.2) is 0 Å². The largest absolute Gasteiger partial charge is 0.354 e. The van der Waals surface area contributed by atoms with Crippen LogP contribution in [0.25, 0.3) is 0 Å². The minimum Gasteiger partial charge on any atom is -0.354 e. The van der Waals surface area contributed by atoms with Crippen LogP contribution in [0.3, 0.4) is 0 Å². The third kappa shape index (κ3) is 3.45. The van der Waals surface area contributed by atoms with Crippen LogP contribution in [-0.2, 0) is 0 Å². The van der Waals surface area contributed by atoms with Gasteiger partial charge >= 0.3 is 0 Å². The van der Waals surface area contributed by atoms with E-state index in [2.05, 4.69) is 27.0 Å². The lowest BCUT2D eigenvalue weighted by Crippen LogP contribution is -2.26. The maximum Gasteiger partial charge on any atom is 0.245 e. The highest BCUT2D eigenvalue weighted by atomic mass is 35.5. The van der Waals surface area contributed by atoms with E-state index in [-0.39, 0.29) is 5.28 Å². The van der Waals surface area contributed by atoms with E-state index in [1.165, 1.54) is 32.1 Å². The number of hydrogen-bond acceptors (Lipinski definition) is 4. The lowest BCUT2D eigenvalue weighted by Gasteiger charge is -2.21. The third-order valence-electron chi connectivity index (χ3n) is 3.45. The Hall–Kier alpha value is -0.610. The summed E-state index contributed by atoms with van der Waals surface area (Å²) in [5, 5.41) is 7.96. The molecular formula is C12H18Cl2N4. The van der Waals surface area contributed by atoms with Crippen LogP contribution in [0.4, 0.5) is 5.82 Å². The highest BCUT2D eigenvalue weighted by molar-refractivity contribution is 6.32. The Bertz CT molecular complexity index is 400. The van der Waals surface area contributed by atoms with E-state index in [1.54, 1.807) is 0 Å². The first-order valence-electron chi connectivity index (χ1n) is 6.51. The number of hydrogen-bond donors (Lipinski definition) is 0. The summed E-state index contributed by atoms with van der Waals surface area (Å²) in [6.45, 7) is 4.18. The fourth-order valence-corrected chi connectivity index (χ4v) is 2.88. The smallest absolute Gasteiger partial charge is 0.245 e. The van der Waals surface area contributed by atoms with Crippen molar-refractivity contribution in [3.63, 3.8) is 0 Å². The molecule has 0 spiro atoms. The molecule has 0 radical (unpaired) electrons. The van der Waals surface area contributed by atoms with Gasteiger partial charge in [-0.15, -0.1) is 10.2 Å². The fourth-order valence-electron chi connectivity index (χ4n) is 2.56. The predicted octanol–water partition coefficient (Wildman–Crippen LogP) is 3.59. The van der Waals surface area contributed by atoms with Crippen LogP contribution in [0.2, 0.25) is 10.4 Å². The minimum absolute atomic E-state index is 0.156. The standard InChI is InChI=1S/C12H18Cl2N4/c1-2-4-9-5-3-7-18(8-6-9)11-10(13)16-17-12(14)15-11/h9H,2-8H2,1H3. The summed E-state index contributed by atoms with van der Waals surface area (Å²) in [6, 6.07) is 0. The second-order valence-corrected chi connectivity index (χ2v) is 5.46. The summed E-state index contributed by atoms with van der Waals surface area (Å²) in [5.74, 6) is 1.50. The van der Waals surface area contributed by atoms with E-state index in [9.17, 15) is 0 Å². The highest BCUT2D eigenvalue weighted by Crippen LogP contribution is 2.27. The van der Waals surface area contributed by atoms with Crippen LogP contribution in [0.5, 0.6) is 0 Å². The molecule has 1 saturated heterocycles. The zero-order valence-electron chi connectivity index (χ0n) is 10.6. The molecule has 18 heavy (non-hydrogen) atoms. The summed E-state index contributed by atoms with van der Waals surface area (Å²) in [5.41, 5.74) is 0. The molecule has 0 N–H and O–H groups in total. The monoisotopic (exact) mass is 288 g/mol.